The van der Waals surface area contributed by atoms with Crippen molar-refractivity contribution in [2.24, 2.45) is 5.73 Å². The Morgan fingerprint density at radius 1 is 1.04 bits per heavy atom. The summed E-state index contributed by atoms with van der Waals surface area (Å²) >= 11 is 0. The number of nitrogen functional groups attached to an aromatic ring is 1. The Labute approximate surface area is 296 Å². The number of carbonyl (C=O) groups is 2. The average Bonchev–Trinajstić information content (AvgIpc) is 3.45. The minimum Gasteiger partial charge on any atom is -0.486 e. The Bertz CT molecular complexity index is 1870. The number of benzene rings is 2. The highest BCUT2D eigenvalue weighted by atomic mass is 19.4. The van der Waals surface area contributed by atoms with Gasteiger partial charge in [-0.25, -0.2) is 23.8 Å². The van der Waals surface area contributed by atoms with E-state index < -0.39 is 41.8 Å². The Morgan fingerprint density at radius 3 is 2.06 bits per heavy atom. The number of carboxylic acid groups (broad SMARTS) is 2. The molecule has 0 radical (unpaired) electrons. The van der Waals surface area contributed by atoms with Crippen LogP contribution in [0, 0.1) is 11.2 Å². The largest absolute Gasteiger partial charge is 0.490 e. The molecule has 14 nitrogen and oxygen atoms in total. The molecule has 2 heterocycles. The predicted molar refractivity (Wildman–Crippen MR) is 177 cm³/mol. The highest BCUT2D eigenvalue weighted by Crippen LogP contribution is 2.33. The zero-order chi connectivity index (χ0) is 40.3. The second-order valence-electron chi connectivity index (χ2n) is 11.1. The van der Waals surface area contributed by atoms with E-state index in [1.165, 1.54) is 0 Å². The summed E-state index contributed by atoms with van der Waals surface area (Å²) in [4.78, 5) is 39.6. The lowest BCUT2D eigenvalue weighted by Gasteiger charge is -2.23. The number of hydrogen-bond donors (Lipinski definition) is 6. The number of pyridine rings is 1. The zero-order valence-corrected chi connectivity index (χ0v) is 28.4. The van der Waals surface area contributed by atoms with E-state index in [1.807, 2.05) is 32.8 Å². The van der Waals surface area contributed by atoms with Crippen molar-refractivity contribution in [3.8, 4) is 11.6 Å². The number of aromatic amines is 1. The number of nitrogens with one attached hydrogen (secondary N) is 3. The quantitative estimate of drug-likeness (QED) is 0.0698. The molecule has 53 heavy (non-hydrogen) atoms. The molecule has 7 N–H and O–H groups in total. The van der Waals surface area contributed by atoms with Crippen molar-refractivity contribution in [2.75, 3.05) is 26.0 Å². The lowest BCUT2D eigenvalue weighted by Crippen LogP contribution is -2.28. The summed E-state index contributed by atoms with van der Waals surface area (Å²) in [6, 6.07) is 14.6. The fraction of sp³-hybridized carbons (Fsp3) is 0.312. The first kappa shape index (κ1) is 43.2. The third-order valence-corrected chi connectivity index (χ3v) is 6.56. The Hall–Kier alpha value is -5.99. The number of aliphatic carboxylic acids is 2. The summed E-state index contributed by atoms with van der Waals surface area (Å²) in [5, 5.41) is 29.7. The molecule has 288 valence electrons. The minimum absolute atomic E-state index is 0.0631. The number of H-pyrrole nitrogens is 1. The number of hydrogen-bond acceptors (Lipinski definition) is 9. The number of ether oxygens (including phenoxy) is 1. The number of halogens is 7. The average molecular weight is 761 g/mol. The highest BCUT2D eigenvalue weighted by molar-refractivity contribution is 5.95. The number of alkyl halides is 6. The predicted octanol–water partition coefficient (Wildman–Crippen LogP) is 4.74. The first-order chi connectivity index (χ1) is 24.5. The van der Waals surface area contributed by atoms with Crippen LogP contribution >= 0.6 is 0 Å². The molecule has 0 bridgehead atoms. The van der Waals surface area contributed by atoms with Crippen molar-refractivity contribution in [3.05, 3.63) is 99.6 Å². The monoisotopic (exact) mass is 760 g/mol. The molecule has 0 amide bonds. The molecule has 2 aromatic carbocycles. The van der Waals surface area contributed by atoms with E-state index in [2.05, 4.69) is 20.4 Å². The van der Waals surface area contributed by atoms with E-state index in [0.29, 0.717) is 30.0 Å². The fourth-order valence-corrected chi connectivity index (χ4v) is 4.26. The summed E-state index contributed by atoms with van der Waals surface area (Å²) in [7, 11) is 3.85. The number of aromatic nitrogens is 4. The summed E-state index contributed by atoms with van der Waals surface area (Å²) in [6.07, 6.45) is -8.22. The third-order valence-electron chi connectivity index (χ3n) is 6.56. The molecular formula is C32H35F7N8O6. The summed E-state index contributed by atoms with van der Waals surface area (Å²) in [5.74, 6) is -5.47. The number of carboxylic acids is 2. The molecule has 0 aliphatic rings. The molecule has 0 saturated heterocycles. The van der Waals surface area contributed by atoms with Crippen LogP contribution in [0.15, 0.2) is 65.6 Å². The first-order valence-corrected chi connectivity index (χ1v) is 15.1. The normalized spacial score (nSPS) is 12.4. The van der Waals surface area contributed by atoms with Crippen LogP contribution in [0.2, 0.25) is 0 Å². The van der Waals surface area contributed by atoms with Crippen molar-refractivity contribution < 1.29 is 55.3 Å². The van der Waals surface area contributed by atoms with Crippen LogP contribution in [0.5, 0.6) is 5.75 Å². The van der Waals surface area contributed by atoms with Gasteiger partial charge < -0.3 is 30.9 Å². The second kappa shape index (κ2) is 18.5. The smallest absolute Gasteiger partial charge is 0.486 e. The topological polar surface area (TPSA) is 213 Å². The van der Waals surface area contributed by atoms with Crippen molar-refractivity contribution in [1.29, 1.82) is 5.41 Å². The van der Waals surface area contributed by atoms with Gasteiger partial charge in [0.25, 0.3) is 0 Å². The van der Waals surface area contributed by atoms with Gasteiger partial charge in [0, 0.05) is 29.6 Å². The molecule has 21 heteroatoms. The molecule has 2 unspecified atom stereocenters. The van der Waals surface area contributed by atoms with Gasteiger partial charge in [0.05, 0.1) is 0 Å². The lowest BCUT2D eigenvalue weighted by molar-refractivity contribution is -0.193. The van der Waals surface area contributed by atoms with Gasteiger partial charge in [-0.1, -0.05) is 19.1 Å². The van der Waals surface area contributed by atoms with E-state index in [0.717, 1.165) is 10.2 Å². The molecule has 4 rings (SSSR count). The molecule has 2 atom stereocenters. The van der Waals surface area contributed by atoms with Gasteiger partial charge in [0.1, 0.15) is 18.0 Å². The van der Waals surface area contributed by atoms with Gasteiger partial charge in [-0.15, -0.1) is 5.10 Å². The second-order valence-corrected chi connectivity index (χ2v) is 11.1. The number of nitrogens with zero attached hydrogens (tertiary/aromatic N) is 4. The molecule has 0 aliphatic heterocycles. The SMILES string of the molecule is CCc1cc(OC(C)CN(C)C)c(F)c(C(Nc2ccc(C(=N)N)cc2)c2nn(-c3ccccn3)c(=O)[nH]2)c1.O=C(O)C(F)(F)F.O=C(O)C(F)(F)F. The maximum Gasteiger partial charge on any atom is 0.490 e. The van der Waals surface area contributed by atoms with Gasteiger partial charge in [0.2, 0.25) is 0 Å². The summed E-state index contributed by atoms with van der Waals surface area (Å²) < 4.78 is 86.8. The van der Waals surface area contributed by atoms with Crippen LogP contribution in [0.1, 0.15) is 42.4 Å². The van der Waals surface area contributed by atoms with Crippen LogP contribution in [-0.2, 0) is 16.0 Å². The molecule has 0 aliphatic carbocycles. The minimum atomic E-state index is -5.08. The highest BCUT2D eigenvalue weighted by Gasteiger charge is 2.39. The van der Waals surface area contributed by atoms with Crippen LogP contribution in [0.25, 0.3) is 5.82 Å². The number of rotatable bonds is 11. The molecule has 2 aromatic heterocycles. The summed E-state index contributed by atoms with van der Waals surface area (Å²) in [6.45, 7) is 4.47. The van der Waals surface area contributed by atoms with Gasteiger partial charge >= 0.3 is 30.0 Å². The van der Waals surface area contributed by atoms with Crippen molar-refractivity contribution in [1.82, 2.24) is 24.6 Å². The molecule has 0 spiro atoms. The van der Waals surface area contributed by atoms with Crippen molar-refractivity contribution >= 4 is 23.5 Å². The molecule has 0 saturated carbocycles. The molecule has 0 fully saturated rings. The van der Waals surface area contributed by atoms with Gasteiger partial charge in [-0.3, -0.25) is 10.4 Å². The van der Waals surface area contributed by atoms with Gasteiger partial charge in [-0.05, 0) is 75.5 Å². The van der Waals surface area contributed by atoms with Crippen molar-refractivity contribution in [3.63, 3.8) is 0 Å². The van der Waals surface area contributed by atoms with Gasteiger partial charge in [-0.2, -0.15) is 31.0 Å². The third kappa shape index (κ3) is 13.3. The van der Waals surface area contributed by atoms with E-state index in [4.69, 9.17) is 35.7 Å². The summed E-state index contributed by atoms with van der Waals surface area (Å²) in [5.41, 5.74) is 7.38. The van der Waals surface area contributed by atoms with E-state index in [1.54, 1.807) is 60.8 Å². The maximum atomic E-state index is 16.2. The van der Waals surface area contributed by atoms with E-state index >= 15 is 4.39 Å². The zero-order valence-electron chi connectivity index (χ0n) is 28.4. The molecular weight excluding hydrogens is 725 g/mol. The van der Waals surface area contributed by atoms with Crippen LogP contribution in [0.3, 0.4) is 0 Å². The first-order valence-electron chi connectivity index (χ1n) is 15.1. The number of likely N-dealkylation sites (N-methyl/N-ethyl adjacent to an activating group) is 1. The van der Waals surface area contributed by atoms with E-state index in [9.17, 15) is 31.1 Å². The lowest BCUT2D eigenvalue weighted by atomic mass is 10.00. The van der Waals surface area contributed by atoms with Crippen LogP contribution in [-0.4, -0.2) is 91.7 Å². The number of aryl methyl sites for hydroxylation is 1. The Balaban J connectivity index is 0.000000587. The Morgan fingerprint density at radius 2 is 1.60 bits per heavy atom. The van der Waals surface area contributed by atoms with Crippen LogP contribution < -0.4 is 21.5 Å². The van der Waals surface area contributed by atoms with Gasteiger partial charge in [0.15, 0.2) is 23.2 Å². The number of nitrogens with two attached hydrogens (primary N) is 1. The van der Waals surface area contributed by atoms with Crippen LogP contribution in [0.4, 0.5) is 36.4 Å². The number of amidine groups is 1. The Kier molecular flexibility index (Phi) is 15.1. The number of anilines is 1. The van der Waals surface area contributed by atoms with Crippen molar-refractivity contribution in [2.45, 2.75) is 44.8 Å². The van der Waals surface area contributed by atoms with E-state index in [-0.39, 0.29) is 29.1 Å². The molecule has 4 aromatic rings. The maximum absolute atomic E-state index is 16.2. The standard InChI is InChI=1S/C28H33FN8O2.2C2HF3O2/c1-5-18-14-21(24(29)22(15-18)39-17(2)16-36(3)4)25(33-20-11-9-19(10-12-20)26(30)31)27-34-28(38)37(35-27)23-8-6-7-13-32-23;2*3-2(4,5)1(6)7/h6-15,17,25,33H,5,16H2,1-4H3,(H3,30,31)(H,34,35,38);2*(H,6,7). The fourth-order valence-electron chi connectivity index (χ4n) is 4.26.